The number of hydrogen-bond donors (Lipinski definition) is 3. The summed E-state index contributed by atoms with van der Waals surface area (Å²) in [5.74, 6) is -1.29. The molecule has 0 bridgehead atoms. The molecule has 4 heterocycles. The zero-order valence-electron chi connectivity index (χ0n) is 35.4. The van der Waals surface area contributed by atoms with Crippen molar-refractivity contribution >= 4 is 45.4 Å². The van der Waals surface area contributed by atoms with Crippen LogP contribution in [0.3, 0.4) is 0 Å². The third kappa shape index (κ3) is 8.84. The highest BCUT2D eigenvalue weighted by Crippen LogP contribution is 2.37. The summed E-state index contributed by atoms with van der Waals surface area (Å²) < 4.78 is 31.6. The molecular formula is C45H61F2N7O4. The molecule has 2 aliphatic heterocycles. The number of ketones is 1. The lowest BCUT2D eigenvalue weighted by Gasteiger charge is -2.36. The first kappa shape index (κ1) is 42.9. The molecule has 11 nitrogen and oxygen atoms in total. The molecule has 2 fully saturated rings. The summed E-state index contributed by atoms with van der Waals surface area (Å²) in [4.78, 5) is 66.8. The van der Waals surface area contributed by atoms with Crippen molar-refractivity contribution in [2.75, 3.05) is 20.1 Å². The first-order valence-corrected chi connectivity index (χ1v) is 21.1. The summed E-state index contributed by atoms with van der Waals surface area (Å²) in [6.07, 6.45) is 4.91. The van der Waals surface area contributed by atoms with E-state index in [0.29, 0.717) is 67.0 Å². The summed E-state index contributed by atoms with van der Waals surface area (Å²) >= 11 is 0. The zero-order valence-corrected chi connectivity index (χ0v) is 35.4. The molecular weight excluding hydrogens is 741 g/mol. The Hall–Kier alpha value is -4.65. The van der Waals surface area contributed by atoms with Crippen LogP contribution in [-0.2, 0) is 32.1 Å². The molecule has 6 atom stereocenters. The Bertz CT molecular complexity index is 2160. The first-order chi connectivity index (χ1) is 27.6. The van der Waals surface area contributed by atoms with E-state index in [9.17, 15) is 28.0 Å². The van der Waals surface area contributed by atoms with Crippen LogP contribution in [-0.4, -0.2) is 92.1 Å². The fraction of sp³-hybridized carbons (Fsp3) is 0.578. The van der Waals surface area contributed by atoms with E-state index in [0.717, 1.165) is 36.6 Å². The summed E-state index contributed by atoms with van der Waals surface area (Å²) in [5.41, 5.74) is 2.67. The predicted molar refractivity (Wildman–Crippen MR) is 223 cm³/mol. The van der Waals surface area contributed by atoms with Gasteiger partial charge in [0.15, 0.2) is 5.82 Å². The summed E-state index contributed by atoms with van der Waals surface area (Å²) in [5, 5.41) is 6.85. The van der Waals surface area contributed by atoms with Crippen LogP contribution in [0.1, 0.15) is 99.0 Å². The van der Waals surface area contributed by atoms with Crippen LogP contribution in [0.2, 0.25) is 0 Å². The van der Waals surface area contributed by atoms with Crippen molar-refractivity contribution in [3.05, 3.63) is 53.6 Å². The number of Topliss-reactive ketones (excluding diaryl/α,β-unsaturated/α-hetero) is 1. The van der Waals surface area contributed by atoms with Crippen LogP contribution < -0.4 is 10.6 Å². The Morgan fingerprint density at radius 3 is 2.22 bits per heavy atom. The molecule has 2 aliphatic rings. The van der Waals surface area contributed by atoms with Crippen molar-refractivity contribution in [1.29, 1.82) is 0 Å². The topological polar surface area (TPSA) is 132 Å². The average Bonchev–Trinajstić information content (AvgIpc) is 4.00. The number of nitrogens with zero attached hydrogens (tertiary/aromatic N) is 4. The number of likely N-dealkylation sites (tertiary alicyclic amines) is 2. The molecule has 0 radical (unpaired) electrons. The molecule has 2 aromatic carbocycles. The summed E-state index contributed by atoms with van der Waals surface area (Å²) in [6.45, 7) is 14.9. The van der Waals surface area contributed by atoms with Gasteiger partial charge in [-0.15, -0.1) is 0 Å². The van der Waals surface area contributed by atoms with Gasteiger partial charge in [0, 0.05) is 66.9 Å². The highest BCUT2D eigenvalue weighted by molar-refractivity contribution is 5.93. The quantitative estimate of drug-likeness (QED) is 0.117. The second kappa shape index (κ2) is 17.7. The van der Waals surface area contributed by atoms with Crippen molar-refractivity contribution in [1.82, 2.24) is 35.0 Å². The van der Waals surface area contributed by atoms with Gasteiger partial charge in [0.1, 0.15) is 23.5 Å². The first-order valence-electron chi connectivity index (χ1n) is 21.1. The second-order valence-electron chi connectivity index (χ2n) is 17.6. The van der Waals surface area contributed by atoms with Crippen LogP contribution in [0.25, 0.3) is 33.5 Å². The Kier molecular flexibility index (Phi) is 13.1. The third-order valence-corrected chi connectivity index (χ3v) is 12.6. The summed E-state index contributed by atoms with van der Waals surface area (Å²) in [6, 6.07) is 7.64. The lowest BCUT2D eigenvalue weighted by atomic mass is 9.85. The molecule has 3 amide bonds. The predicted octanol–water partition coefficient (Wildman–Crippen LogP) is 7.16. The fourth-order valence-corrected chi connectivity index (χ4v) is 8.72. The van der Waals surface area contributed by atoms with Crippen LogP contribution in [0.15, 0.2) is 36.4 Å². The molecule has 2 saturated heterocycles. The molecule has 314 valence electrons. The van der Waals surface area contributed by atoms with Crippen molar-refractivity contribution in [3.8, 4) is 11.5 Å². The number of rotatable bonds is 15. The van der Waals surface area contributed by atoms with Crippen LogP contribution in [0.5, 0.6) is 0 Å². The number of aromatic nitrogens is 3. The Morgan fingerprint density at radius 1 is 0.914 bits per heavy atom. The number of aromatic amines is 1. The highest BCUT2D eigenvalue weighted by atomic mass is 19.1. The average molecular weight is 802 g/mol. The lowest BCUT2D eigenvalue weighted by molar-refractivity contribution is -0.141. The van der Waals surface area contributed by atoms with Gasteiger partial charge in [0.05, 0.1) is 22.8 Å². The van der Waals surface area contributed by atoms with E-state index in [4.69, 9.17) is 4.98 Å². The maximum absolute atomic E-state index is 14.8. The normalized spacial score (nSPS) is 19.5. The van der Waals surface area contributed by atoms with Gasteiger partial charge in [-0.3, -0.25) is 19.2 Å². The van der Waals surface area contributed by atoms with Crippen LogP contribution in [0.4, 0.5) is 8.78 Å². The molecule has 4 aromatic rings. The van der Waals surface area contributed by atoms with Crippen molar-refractivity contribution in [3.63, 3.8) is 0 Å². The number of nitrogens with one attached hydrogen (secondary N) is 3. The molecule has 13 heteroatoms. The maximum atomic E-state index is 14.8. The summed E-state index contributed by atoms with van der Waals surface area (Å²) in [7, 11) is 1.74. The maximum Gasteiger partial charge on any atom is 0.246 e. The third-order valence-electron chi connectivity index (χ3n) is 12.6. The minimum Gasteiger partial charge on any atom is -0.352 e. The Labute approximate surface area is 340 Å². The number of imidazole rings is 1. The molecule has 0 aliphatic carbocycles. The van der Waals surface area contributed by atoms with E-state index in [2.05, 4.69) is 15.6 Å². The Morgan fingerprint density at radius 2 is 1.57 bits per heavy atom. The number of benzene rings is 2. The van der Waals surface area contributed by atoms with E-state index in [1.807, 2.05) is 55.9 Å². The van der Waals surface area contributed by atoms with Crippen molar-refractivity contribution in [2.45, 2.75) is 131 Å². The molecule has 58 heavy (non-hydrogen) atoms. The molecule has 0 saturated carbocycles. The number of amides is 3. The zero-order chi connectivity index (χ0) is 42.1. The van der Waals surface area contributed by atoms with Gasteiger partial charge in [0.25, 0.3) is 0 Å². The monoisotopic (exact) mass is 801 g/mol. The molecule has 2 aromatic heterocycles. The van der Waals surface area contributed by atoms with Gasteiger partial charge in [-0.25, -0.2) is 13.8 Å². The minimum atomic E-state index is -0.730. The van der Waals surface area contributed by atoms with E-state index < -0.39 is 29.0 Å². The number of carbonyl (C=O) groups is 4. The van der Waals surface area contributed by atoms with E-state index >= 15 is 0 Å². The lowest BCUT2D eigenvalue weighted by Crippen LogP contribution is -2.56. The number of hydrogen-bond acceptors (Lipinski definition) is 6. The number of halogens is 2. The molecule has 0 spiro atoms. The van der Waals surface area contributed by atoms with Crippen molar-refractivity contribution < 1.29 is 28.0 Å². The molecule has 3 N–H and O–H groups in total. The van der Waals surface area contributed by atoms with Gasteiger partial charge in [0.2, 0.25) is 17.7 Å². The smallest absolute Gasteiger partial charge is 0.246 e. The van der Waals surface area contributed by atoms with Gasteiger partial charge in [-0.2, -0.15) is 0 Å². The van der Waals surface area contributed by atoms with Crippen LogP contribution in [0, 0.1) is 28.9 Å². The van der Waals surface area contributed by atoms with Gasteiger partial charge < -0.3 is 30.0 Å². The van der Waals surface area contributed by atoms with Crippen molar-refractivity contribution in [2.24, 2.45) is 17.3 Å². The number of likely N-dealkylation sites (N-methyl/N-ethyl adjacent to an activating group) is 1. The fourth-order valence-electron chi connectivity index (χ4n) is 8.72. The van der Waals surface area contributed by atoms with Gasteiger partial charge in [-0.1, -0.05) is 41.5 Å². The standard InChI is InChI=1S/C45H61F2N7O4/c1-9-26(3)42(56)51-40(45(5,6)7)44(58)53-20-12-14-32(53)25-54-37-18-16-30(47)23-36(37)50-41(54)39-34(33-17-15-29(46)22-35(33)49-39)24-31-13-11-19-52(31)43(57)28(10-2)21-38(55)27(4)48-8/h15-18,22-23,26-28,31-32,40,48-49H,9-14,19-21,24-25H2,1-8H3,(H,51,56). The molecule has 6 rings (SSSR count). The SMILES string of the molecule is CCC(C)C(=O)NC(C(=O)N1CCCC1Cn1c(-c2[nH]c3cc(F)ccc3c2CC2CCCN2C(=O)C(CC)CC(=O)C(C)NC)nc2cc(F)ccc21)C(C)(C)C. The minimum absolute atomic E-state index is 0.00188. The molecule has 6 unspecified atom stereocenters. The van der Waals surface area contributed by atoms with E-state index in [-0.39, 0.29) is 54.0 Å². The Balaban J connectivity index is 1.38. The second-order valence-corrected chi connectivity index (χ2v) is 17.6. The number of fused-ring (bicyclic) bond motifs is 2. The van der Waals surface area contributed by atoms with Crippen LogP contribution >= 0.6 is 0 Å². The number of carbonyl (C=O) groups excluding carboxylic acids is 4. The highest BCUT2D eigenvalue weighted by Gasteiger charge is 2.41. The number of H-pyrrole nitrogens is 1. The van der Waals surface area contributed by atoms with E-state index in [1.165, 1.54) is 24.3 Å². The van der Waals surface area contributed by atoms with E-state index in [1.54, 1.807) is 26.1 Å². The van der Waals surface area contributed by atoms with Gasteiger partial charge >= 0.3 is 0 Å². The largest absolute Gasteiger partial charge is 0.352 e. The van der Waals surface area contributed by atoms with Gasteiger partial charge in [-0.05, 0) is 100 Å².